The summed E-state index contributed by atoms with van der Waals surface area (Å²) >= 11 is 0. The number of ether oxygens (including phenoxy) is 1. The number of amidine groups is 1. The molecule has 2 aromatic rings. The molecular formula is C15H10N4O. The van der Waals surface area contributed by atoms with Gasteiger partial charge in [0.15, 0.2) is 0 Å². The molecule has 0 atom stereocenters. The molecule has 5 nitrogen and oxygen atoms in total. The molecular weight excluding hydrogens is 252 g/mol. The Morgan fingerprint density at radius 3 is 2.30 bits per heavy atom. The highest BCUT2D eigenvalue weighted by Crippen LogP contribution is 2.12. The lowest BCUT2D eigenvalue weighted by Crippen LogP contribution is -2.19. The van der Waals surface area contributed by atoms with Gasteiger partial charge in [-0.25, -0.2) is 0 Å². The molecule has 0 aliphatic rings. The molecule has 0 radical (unpaired) electrons. The van der Waals surface area contributed by atoms with Crippen LogP contribution in [0.3, 0.4) is 0 Å². The number of hydrogen-bond donors (Lipinski definition) is 1. The van der Waals surface area contributed by atoms with Gasteiger partial charge >= 0.3 is 6.02 Å². The minimum absolute atomic E-state index is 0.0726. The third-order valence-electron chi connectivity index (χ3n) is 2.37. The van der Waals surface area contributed by atoms with Crippen LogP contribution < -0.4 is 10.1 Å². The Morgan fingerprint density at radius 1 is 1.00 bits per heavy atom. The van der Waals surface area contributed by atoms with Gasteiger partial charge < -0.3 is 10.1 Å². The first-order valence-electron chi connectivity index (χ1n) is 5.78. The van der Waals surface area contributed by atoms with E-state index in [1.165, 1.54) is 0 Å². The molecule has 0 bridgehead atoms. The Balaban J connectivity index is 2.12. The molecule has 0 amide bonds. The minimum Gasteiger partial charge on any atom is -0.425 e. The number of hydrogen-bond acceptors (Lipinski definition) is 4. The Hall–Kier alpha value is -3.31. The van der Waals surface area contributed by atoms with E-state index < -0.39 is 0 Å². The summed E-state index contributed by atoms with van der Waals surface area (Å²) in [5.74, 6) is 0.572. The van der Waals surface area contributed by atoms with Crippen LogP contribution in [0.25, 0.3) is 0 Å². The number of nitriles is 2. The molecule has 0 spiro atoms. The highest BCUT2D eigenvalue weighted by Gasteiger charge is 2.03. The summed E-state index contributed by atoms with van der Waals surface area (Å²) in [6, 6.07) is 17.9. The van der Waals surface area contributed by atoms with Gasteiger partial charge in [-0.05, 0) is 36.4 Å². The fourth-order valence-electron chi connectivity index (χ4n) is 1.47. The van der Waals surface area contributed by atoms with Gasteiger partial charge in [-0.2, -0.15) is 10.5 Å². The first-order chi connectivity index (χ1) is 9.81. The van der Waals surface area contributed by atoms with Crippen molar-refractivity contribution in [3.8, 4) is 18.0 Å². The van der Waals surface area contributed by atoms with Gasteiger partial charge in [0.1, 0.15) is 5.75 Å². The zero-order valence-electron chi connectivity index (χ0n) is 10.4. The van der Waals surface area contributed by atoms with E-state index in [-0.39, 0.29) is 6.02 Å². The van der Waals surface area contributed by atoms with Crippen LogP contribution in [0.1, 0.15) is 5.56 Å². The molecule has 0 aliphatic heterocycles. The fraction of sp³-hybridized carbons (Fsp3) is 0. The van der Waals surface area contributed by atoms with E-state index in [2.05, 4.69) is 10.3 Å². The number of benzene rings is 2. The molecule has 0 saturated carbocycles. The van der Waals surface area contributed by atoms with Crippen LogP contribution >= 0.6 is 0 Å². The zero-order chi connectivity index (χ0) is 14.2. The second-order valence-electron chi connectivity index (χ2n) is 3.75. The standard InChI is InChI=1S/C15H10N4O/c16-10-12-6-8-13(9-7-12)19-15(18-11-17)20-14-4-2-1-3-5-14/h1-9H,(H,18,19). The first kappa shape index (κ1) is 13.1. The Labute approximate surface area is 116 Å². The first-order valence-corrected chi connectivity index (χ1v) is 5.78. The molecule has 5 heteroatoms. The van der Waals surface area contributed by atoms with Crippen LogP contribution in [0.4, 0.5) is 5.69 Å². The van der Waals surface area contributed by atoms with Crippen LogP contribution in [0.5, 0.6) is 5.75 Å². The predicted octanol–water partition coefficient (Wildman–Crippen LogP) is 2.89. The SMILES string of the molecule is N#CN=C(Nc1ccc(C#N)cc1)Oc1ccccc1. The van der Waals surface area contributed by atoms with E-state index in [1.807, 2.05) is 24.3 Å². The van der Waals surface area contributed by atoms with Crippen LogP contribution in [-0.2, 0) is 0 Å². The largest absolute Gasteiger partial charge is 0.425 e. The van der Waals surface area contributed by atoms with E-state index in [4.69, 9.17) is 15.3 Å². The van der Waals surface area contributed by atoms with Gasteiger partial charge in [0, 0.05) is 5.69 Å². The molecule has 0 unspecified atom stereocenters. The van der Waals surface area contributed by atoms with Crippen molar-refractivity contribution in [1.29, 1.82) is 10.5 Å². The maximum Gasteiger partial charge on any atom is 0.310 e. The minimum atomic E-state index is 0.0726. The van der Waals surface area contributed by atoms with Crippen molar-refractivity contribution in [2.24, 2.45) is 4.99 Å². The second kappa shape index (κ2) is 6.58. The van der Waals surface area contributed by atoms with Gasteiger partial charge in [-0.15, -0.1) is 4.99 Å². The van der Waals surface area contributed by atoms with Crippen molar-refractivity contribution in [1.82, 2.24) is 0 Å². The van der Waals surface area contributed by atoms with Gasteiger partial charge in [0.25, 0.3) is 0 Å². The number of anilines is 1. The fourth-order valence-corrected chi connectivity index (χ4v) is 1.47. The van der Waals surface area contributed by atoms with Crippen LogP contribution in [0, 0.1) is 22.8 Å². The molecule has 0 heterocycles. The maximum atomic E-state index is 8.73. The average molecular weight is 262 g/mol. The molecule has 0 aliphatic carbocycles. The van der Waals surface area contributed by atoms with Crippen LogP contribution in [-0.4, -0.2) is 6.02 Å². The second-order valence-corrected chi connectivity index (χ2v) is 3.75. The molecule has 96 valence electrons. The van der Waals surface area contributed by atoms with Crippen LogP contribution in [0.2, 0.25) is 0 Å². The van der Waals surface area contributed by atoms with E-state index in [9.17, 15) is 0 Å². The lowest BCUT2D eigenvalue weighted by molar-refractivity contribution is 0.549. The molecule has 0 aromatic heterocycles. The van der Waals surface area contributed by atoms with E-state index in [1.54, 1.807) is 42.6 Å². The summed E-state index contributed by atoms with van der Waals surface area (Å²) in [6.07, 6.45) is 1.68. The summed E-state index contributed by atoms with van der Waals surface area (Å²) < 4.78 is 5.47. The lowest BCUT2D eigenvalue weighted by Gasteiger charge is -2.09. The van der Waals surface area contributed by atoms with Gasteiger partial charge in [0.2, 0.25) is 6.19 Å². The Bertz CT molecular complexity index is 679. The third kappa shape index (κ3) is 3.59. The normalized spacial score (nSPS) is 10.2. The van der Waals surface area contributed by atoms with E-state index in [0.717, 1.165) is 0 Å². The highest BCUT2D eigenvalue weighted by molar-refractivity contribution is 5.91. The lowest BCUT2D eigenvalue weighted by atomic mass is 10.2. The zero-order valence-corrected chi connectivity index (χ0v) is 10.4. The summed E-state index contributed by atoms with van der Waals surface area (Å²) in [5.41, 5.74) is 1.23. The summed E-state index contributed by atoms with van der Waals surface area (Å²) in [6.45, 7) is 0. The molecule has 20 heavy (non-hydrogen) atoms. The average Bonchev–Trinajstić information content (AvgIpc) is 2.49. The maximum absolute atomic E-state index is 8.73. The smallest absolute Gasteiger partial charge is 0.310 e. The van der Waals surface area contributed by atoms with Crippen LogP contribution in [0.15, 0.2) is 59.6 Å². The van der Waals surface area contributed by atoms with Gasteiger partial charge in [0.05, 0.1) is 11.6 Å². The number of aliphatic imine (C=N–C) groups is 1. The van der Waals surface area contributed by atoms with Crippen molar-refractivity contribution < 1.29 is 4.74 Å². The predicted molar refractivity (Wildman–Crippen MR) is 74.9 cm³/mol. The van der Waals surface area contributed by atoms with Gasteiger partial charge in [-0.1, -0.05) is 18.2 Å². The summed E-state index contributed by atoms with van der Waals surface area (Å²) in [5, 5.41) is 20.3. The Morgan fingerprint density at radius 2 is 1.70 bits per heavy atom. The highest BCUT2D eigenvalue weighted by atomic mass is 16.5. The molecule has 2 rings (SSSR count). The van der Waals surface area contributed by atoms with Crippen molar-refractivity contribution in [2.75, 3.05) is 5.32 Å². The number of rotatable bonds is 2. The molecule has 0 fully saturated rings. The van der Waals surface area contributed by atoms with E-state index in [0.29, 0.717) is 17.0 Å². The van der Waals surface area contributed by atoms with Gasteiger partial charge in [-0.3, -0.25) is 0 Å². The number of para-hydroxylation sites is 1. The third-order valence-corrected chi connectivity index (χ3v) is 2.37. The molecule has 2 aromatic carbocycles. The summed E-state index contributed by atoms with van der Waals surface area (Å²) in [4.78, 5) is 3.58. The quantitative estimate of drug-likeness (QED) is 0.512. The monoisotopic (exact) mass is 262 g/mol. The van der Waals surface area contributed by atoms with Crippen molar-refractivity contribution >= 4 is 11.7 Å². The van der Waals surface area contributed by atoms with E-state index >= 15 is 0 Å². The number of nitrogens with one attached hydrogen (secondary N) is 1. The number of nitrogens with zero attached hydrogens (tertiary/aromatic N) is 3. The Kier molecular flexibility index (Phi) is 4.32. The van der Waals surface area contributed by atoms with Crippen molar-refractivity contribution in [3.63, 3.8) is 0 Å². The van der Waals surface area contributed by atoms with Crippen molar-refractivity contribution in [3.05, 3.63) is 60.2 Å². The van der Waals surface area contributed by atoms with Crippen molar-refractivity contribution in [2.45, 2.75) is 0 Å². The molecule has 1 N–H and O–H groups in total. The summed E-state index contributed by atoms with van der Waals surface area (Å²) in [7, 11) is 0. The topological polar surface area (TPSA) is 81.2 Å². The molecule has 0 saturated heterocycles.